The van der Waals surface area contributed by atoms with E-state index in [4.69, 9.17) is 14.2 Å². The Balaban J connectivity index is 1.21. The van der Waals surface area contributed by atoms with Gasteiger partial charge in [-0.2, -0.15) is 13.2 Å². The molecule has 5 rings (SSSR count). The van der Waals surface area contributed by atoms with Crippen molar-refractivity contribution >= 4 is 28.4 Å². The van der Waals surface area contributed by atoms with E-state index in [9.17, 15) is 27.2 Å². The number of nitrogens with zero attached hydrogens (tertiary/aromatic N) is 1. The standard InChI is InChI=1S/C33H31F5N4O5/c1-45-29-16-23-26(17-30(29)46-18-19-6-10-39-11-7-19)40-13-9-27(23)47-28-5-3-22(15-25(28)35)42-32(44)31(43)41-12-8-20-14-21(34)2-4-24(20)33(36,37)38/h2-5,9,13-17,19,39H,6-8,10-12,18H2,1H3,(H,41,43)(H,42,44). The summed E-state index contributed by atoms with van der Waals surface area (Å²) in [7, 11) is 1.51. The van der Waals surface area contributed by atoms with Crippen molar-refractivity contribution in [2.75, 3.05) is 38.7 Å². The molecular weight excluding hydrogens is 627 g/mol. The molecule has 9 nitrogen and oxygen atoms in total. The largest absolute Gasteiger partial charge is 0.493 e. The molecule has 0 spiro atoms. The van der Waals surface area contributed by atoms with Crippen LogP contribution < -0.4 is 30.2 Å². The number of anilines is 1. The molecule has 1 fully saturated rings. The highest BCUT2D eigenvalue weighted by molar-refractivity contribution is 6.39. The highest BCUT2D eigenvalue weighted by Crippen LogP contribution is 2.38. The molecule has 1 aromatic heterocycles. The first-order valence-electron chi connectivity index (χ1n) is 14.7. The van der Waals surface area contributed by atoms with Gasteiger partial charge in [-0.15, -0.1) is 0 Å². The van der Waals surface area contributed by atoms with Crippen LogP contribution in [0.1, 0.15) is 24.0 Å². The van der Waals surface area contributed by atoms with Crippen molar-refractivity contribution in [1.29, 1.82) is 0 Å². The van der Waals surface area contributed by atoms with Crippen LogP contribution >= 0.6 is 0 Å². The zero-order chi connectivity index (χ0) is 33.6. The molecule has 2 amide bonds. The number of halogens is 5. The molecule has 0 saturated carbocycles. The van der Waals surface area contributed by atoms with Gasteiger partial charge in [-0.1, -0.05) is 0 Å². The van der Waals surface area contributed by atoms with Crippen molar-refractivity contribution in [3.8, 4) is 23.0 Å². The van der Waals surface area contributed by atoms with Crippen molar-refractivity contribution in [3.63, 3.8) is 0 Å². The molecule has 3 N–H and O–H groups in total. The summed E-state index contributed by atoms with van der Waals surface area (Å²) in [4.78, 5) is 29.0. The summed E-state index contributed by atoms with van der Waals surface area (Å²) < 4.78 is 85.6. The second-order valence-electron chi connectivity index (χ2n) is 10.8. The van der Waals surface area contributed by atoms with Gasteiger partial charge in [0.15, 0.2) is 23.1 Å². The van der Waals surface area contributed by atoms with E-state index in [2.05, 4.69) is 20.9 Å². The smallest absolute Gasteiger partial charge is 0.416 e. The Bertz CT molecular complexity index is 1760. The summed E-state index contributed by atoms with van der Waals surface area (Å²) in [5.41, 5.74) is -0.962. The van der Waals surface area contributed by atoms with Crippen LogP contribution in [0.15, 0.2) is 60.8 Å². The highest BCUT2D eigenvalue weighted by atomic mass is 19.4. The molecular formula is C33H31F5N4O5. The number of pyridine rings is 1. The Kier molecular flexibility index (Phi) is 10.4. The Hall–Kier alpha value is -4.98. The first-order valence-corrected chi connectivity index (χ1v) is 14.7. The number of carbonyl (C=O) groups is 2. The Labute approximate surface area is 266 Å². The lowest BCUT2D eigenvalue weighted by molar-refractivity contribution is -0.138. The fraction of sp³-hybridized carbons (Fsp3) is 0.303. The predicted molar refractivity (Wildman–Crippen MR) is 163 cm³/mol. The third kappa shape index (κ3) is 8.44. The lowest BCUT2D eigenvalue weighted by Crippen LogP contribution is -2.36. The third-order valence-corrected chi connectivity index (χ3v) is 7.59. The maximum absolute atomic E-state index is 15.1. The Morgan fingerprint density at radius 1 is 0.936 bits per heavy atom. The Morgan fingerprint density at radius 2 is 1.72 bits per heavy atom. The number of rotatable bonds is 10. The maximum atomic E-state index is 15.1. The van der Waals surface area contributed by atoms with Crippen LogP contribution in [0.3, 0.4) is 0 Å². The number of methoxy groups -OCH3 is 1. The minimum atomic E-state index is -4.72. The molecule has 248 valence electrons. The van der Waals surface area contributed by atoms with Crippen LogP contribution in [-0.4, -0.2) is 50.1 Å². The number of piperidine rings is 1. The first kappa shape index (κ1) is 33.4. The second-order valence-corrected chi connectivity index (χ2v) is 10.8. The maximum Gasteiger partial charge on any atom is 0.416 e. The number of nitrogens with one attached hydrogen (secondary N) is 3. The van der Waals surface area contributed by atoms with Crippen molar-refractivity contribution in [1.82, 2.24) is 15.6 Å². The summed E-state index contributed by atoms with van der Waals surface area (Å²) >= 11 is 0. The van der Waals surface area contributed by atoms with Gasteiger partial charge in [0.2, 0.25) is 0 Å². The molecule has 14 heteroatoms. The lowest BCUT2D eigenvalue weighted by atomic mass is 9.99. The van der Waals surface area contributed by atoms with E-state index in [-0.39, 0.29) is 35.7 Å². The molecule has 3 aromatic carbocycles. The predicted octanol–water partition coefficient (Wildman–Crippen LogP) is 6.01. The van der Waals surface area contributed by atoms with Crippen LogP contribution in [0.25, 0.3) is 10.9 Å². The number of aromatic nitrogens is 1. The van der Waals surface area contributed by atoms with Crippen LogP contribution in [0.2, 0.25) is 0 Å². The van der Waals surface area contributed by atoms with Crippen LogP contribution in [-0.2, 0) is 22.2 Å². The van der Waals surface area contributed by atoms with Crippen LogP contribution in [0.4, 0.5) is 27.6 Å². The molecule has 1 saturated heterocycles. The molecule has 0 unspecified atom stereocenters. The Morgan fingerprint density at radius 3 is 2.45 bits per heavy atom. The van der Waals surface area contributed by atoms with Gasteiger partial charge < -0.3 is 30.2 Å². The number of hydrogen-bond acceptors (Lipinski definition) is 7. The van der Waals surface area contributed by atoms with E-state index in [0.29, 0.717) is 47.1 Å². The fourth-order valence-corrected chi connectivity index (χ4v) is 5.15. The number of fused-ring (bicyclic) bond motifs is 1. The van der Waals surface area contributed by atoms with E-state index in [0.717, 1.165) is 38.1 Å². The van der Waals surface area contributed by atoms with Gasteiger partial charge in [0.25, 0.3) is 0 Å². The molecule has 1 aliphatic heterocycles. The summed E-state index contributed by atoms with van der Waals surface area (Å²) in [6.07, 6.45) is -1.56. The summed E-state index contributed by atoms with van der Waals surface area (Å²) in [5.74, 6) is -2.58. The molecule has 1 aliphatic rings. The van der Waals surface area contributed by atoms with Gasteiger partial charge in [-0.25, -0.2) is 8.78 Å². The van der Waals surface area contributed by atoms with Crippen molar-refractivity contribution in [2.45, 2.75) is 25.4 Å². The zero-order valence-corrected chi connectivity index (χ0v) is 25.2. The molecule has 0 atom stereocenters. The monoisotopic (exact) mass is 658 g/mol. The molecule has 4 aromatic rings. The van der Waals surface area contributed by atoms with Gasteiger partial charge in [-0.05, 0) is 86.3 Å². The SMILES string of the molecule is COc1cc2c(Oc3ccc(NC(=O)C(=O)NCCc4cc(F)ccc4C(F)(F)F)cc3F)ccnc2cc1OCC1CCNCC1. The van der Waals surface area contributed by atoms with Gasteiger partial charge in [0, 0.05) is 35.9 Å². The van der Waals surface area contributed by atoms with E-state index in [1.807, 2.05) is 0 Å². The average molecular weight is 659 g/mol. The number of carbonyl (C=O) groups excluding carboxylic acids is 2. The van der Waals surface area contributed by atoms with Crippen molar-refractivity contribution < 1.29 is 45.8 Å². The van der Waals surface area contributed by atoms with E-state index in [1.165, 1.54) is 25.4 Å². The van der Waals surface area contributed by atoms with Crippen molar-refractivity contribution in [3.05, 3.63) is 83.6 Å². The van der Waals surface area contributed by atoms with Gasteiger partial charge >= 0.3 is 18.0 Å². The normalized spacial score (nSPS) is 13.7. The molecule has 0 aliphatic carbocycles. The third-order valence-electron chi connectivity index (χ3n) is 7.59. The van der Waals surface area contributed by atoms with Crippen LogP contribution in [0, 0.1) is 17.6 Å². The van der Waals surface area contributed by atoms with Crippen LogP contribution in [0.5, 0.6) is 23.0 Å². The summed E-state index contributed by atoms with van der Waals surface area (Å²) in [6, 6.07) is 10.5. The number of amides is 2. The van der Waals surface area contributed by atoms with E-state index >= 15 is 4.39 Å². The molecule has 0 radical (unpaired) electrons. The molecule has 0 bridgehead atoms. The fourth-order valence-electron chi connectivity index (χ4n) is 5.15. The number of benzene rings is 3. The molecule has 2 heterocycles. The van der Waals surface area contributed by atoms with Gasteiger partial charge in [0.1, 0.15) is 11.6 Å². The number of ether oxygens (including phenoxy) is 3. The van der Waals surface area contributed by atoms with Gasteiger partial charge in [0.05, 0.1) is 24.8 Å². The summed E-state index contributed by atoms with van der Waals surface area (Å²) in [5, 5.41) is 8.26. The quantitative estimate of drug-likeness (QED) is 0.142. The minimum Gasteiger partial charge on any atom is -0.493 e. The number of alkyl halides is 3. The molecule has 47 heavy (non-hydrogen) atoms. The second kappa shape index (κ2) is 14.6. The zero-order valence-electron chi connectivity index (χ0n) is 25.2. The van der Waals surface area contributed by atoms with Gasteiger partial charge in [-0.3, -0.25) is 14.6 Å². The summed E-state index contributed by atoms with van der Waals surface area (Å²) in [6.45, 7) is 2.05. The van der Waals surface area contributed by atoms with E-state index in [1.54, 1.807) is 18.2 Å². The minimum absolute atomic E-state index is 0.0729. The van der Waals surface area contributed by atoms with Crippen molar-refractivity contribution in [2.24, 2.45) is 5.92 Å². The van der Waals surface area contributed by atoms with E-state index < -0.39 is 35.2 Å². The lowest BCUT2D eigenvalue weighted by Gasteiger charge is -2.23. The number of hydrogen-bond donors (Lipinski definition) is 3. The average Bonchev–Trinajstić information content (AvgIpc) is 3.04. The topological polar surface area (TPSA) is 111 Å². The highest BCUT2D eigenvalue weighted by Gasteiger charge is 2.33. The first-order chi connectivity index (χ1) is 22.5.